The lowest BCUT2D eigenvalue weighted by Gasteiger charge is -2.27. The molecule has 0 N–H and O–H groups in total. The van der Waals surface area contributed by atoms with E-state index < -0.39 is 0 Å². The topological polar surface area (TPSA) is 69.9 Å². The Balaban J connectivity index is 1.40. The Hall–Kier alpha value is -4.20. The number of halogens is 1. The van der Waals surface area contributed by atoms with Crippen LogP contribution in [0.15, 0.2) is 77.4 Å². The first kappa shape index (κ1) is 24.5. The third-order valence-corrected chi connectivity index (χ3v) is 6.71. The summed E-state index contributed by atoms with van der Waals surface area (Å²) in [5, 5.41) is 0.785. The van der Waals surface area contributed by atoms with Gasteiger partial charge >= 0.3 is 0 Å². The van der Waals surface area contributed by atoms with E-state index in [2.05, 4.69) is 4.98 Å². The molecule has 2 aromatic carbocycles. The van der Waals surface area contributed by atoms with Crippen LogP contribution in [-0.4, -0.2) is 53.8 Å². The summed E-state index contributed by atoms with van der Waals surface area (Å²) in [4.78, 5) is 36.3. The largest absolute Gasteiger partial charge is 0.467 e. The zero-order chi connectivity index (χ0) is 25.9. The molecule has 3 heterocycles. The number of hydrogen-bond donors (Lipinski definition) is 0. The van der Waals surface area contributed by atoms with Crippen molar-refractivity contribution >= 4 is 28.5 Å². The van der Waals surface area contributed by atoms with Crippen molar-refractivity contribution in [2.45, 2.75) is 25.4 Å². The first-order chi connectivity index (χ1) is 17.9. The Morgan fingerprint density at radius 3 is 2.62 bits per heavy atom. The van der Waals surface area contributed by atoms with Gasteiger partial charge in [-0.15, -0.1) is 0 Å². The maximum absolute atomic E-state index is 13.8. The quantitative estimate of drug-likeness (QED) is 0.354. The second-order valence-corrected chi connectivity index (χ2v) is 9.62. The molecule has 1 unspecified atom stereocenters. The van der Waals surface area contributed by atoms with Gasteiger partial charge in [-0.05, 0) is 35.9 Å². The fourth-order valence-corrected chi connectivity index (χ4v) is 4.84. The van der Waals surface area contributed by atoms with E-state index in [1.54, 1.807) is 28.2 Å². The van der Waals surface area contributed by atoms with Gasteiger partial charge in [-0.25, -0.2) is 9.37 Å². The van der Waals surface area contributed by atoms with Gasteiger partial charge in [-0.2, -0.15) is 0 Å². The average Bonchev–Trinajstić information content (AvgIpc) is 3.53. The van der Waals surface area contributed by atoms with E-state index in [4.69, 9.17) is 4.42 Å². The molecule has 37 heavy (non-hydrogen) atoms. The maximum Gasteiger partial charge on any atom is 0.242 e. The smallest absolute Gasteiger partial charge is 0.242 e. The number of anilines is 1. The first-order valence-electron chi connectivity index (χ1n) is 12.3. The monoisotopic (exact) mass is 500 g/mol. The summed E-state index contributed by atoms with van der Waals surface area (Å²) in [6.07, 6.45) is 1.97. The van der Waals surface area contributed by atoms with E-state index in [-0.39, 0.29) is 43.2 Å². The van der Waals surface area contributed by atoms with Crippen LogP contribution in [0.1, 0.15) is 29.2 Å². The minimum Gasteiger partial charge on any atom is -0.467 e. The molecule has 7 nitrogen and oxygen atoms in total. The summed E-state index contributed by atoms with van der Waals surface area (Å²) >= 11 is 0. The molecule has 190 valence electrons. The highest BCUT2D eigenvalue weighted by Gasteiger charge is 2.33. The lowest BCUT2D eigenvalue weighted by Crippen LogP contribution is -2.40. The SMILES string of the molecule is CN(C)c1nc2cc(F)ccc2cc1CN(Cc1ccco1)C(=O)CN1CC(c2ccccc2)CC1=O. The first-order valence-corrected chi connectivity index (χ1v) is 12.3. The summed E-state index contributed by atoms with van der Waals surface area (Å²) in [5.74, 6) is 0.815. The van der Waals surface area contributed by atoms with Crippen LogP contribution < -0.4 is 4.90 Å². The second-order valence-electron chi connectivity index (χ2n) is 9.62. The van der Waals surface area contributed by atoms with Gasteiger partial charge in [0.1, 0.15) is 17.4 Å². The van der Waals surface area contributed by atoms with Crippen molar-refractivity contribution in [3.63, 3.8) is 0 Å². The van der Waals surface area contributed by atoms with Crippen LogP contribution in [0.25, 0.3) is 10.9 Å². The number of benzene rings is 2. The van der Waals surface area contributed by atoms with Gasteiger partial charge in [0.25, 0.3) is 0 Å². The van der Waals surface area contributed by atoms with Crippen LogP contribution in [0.3, 0.4) is 0 Å². The van der Waals surface area contributed by atoms with Crippen LogP contribution in [-0.2, 0) is 22.7 Å². The minimum atomic E-state index is -0.351. The summed E-state index contributed by atoms with van der Waals surface area (Å²) < 4.78 is 19.3. The van der Waals surface area contributed by atoms with Gasteiger partial charge in [-0.1, -0.05) is 30.3 Å². The van der Waals surface area contributed by atoms with Gasteiger partial charge in [0, 0.05) is 56.5 Å². The third kappa shape index (κ3) is 5.48. The van der Waals surface area contributed by atoms with Crippen molar-refractivity contribution in [2.75, 3.05) is 32.1 Å². The lowest BCUT2D eigenvalue weighted by atomic mass is 9.99. The Morgan fingerprint density at radius 2 is 1.89 bits per heavy atom. The number of carbonyl (C=O) groups excluding carboxylic acids is 2. The molecule has 8 heteroatoms. The van der Waals surface area contributed by atoms with Gasteiger partial charge < -0.3 is 19.1 Å². The van der Waals surface area contributed by atoms with E-state index in [0.29, 0.717) is 30.1 Å². The fraction of sp³-hybridized carbons (Fsp3) is 0.276. The van der Waals surface area contributed by atoms with E-state index in [0.717, 1.165) is 16.5 Å². The minimum absolute atomic E-state index is 0.00755. The highest BCUT2D eigenvalue weighted by molar-refractivity contribution is 5.87. The standard InChI is InChI=1S/C29H29FN4O3/c1-32(2)29-23(13-21-10-11-24(30)15-26(21)31-29)17-33(18-25-9-6-12-37-25)28(36)19-34-16-22(14-27(34)35)20-7-4-3-5-8-20/h3-13,15,22H,14,16-19H2,1-2H3. The highest BCUT2D eigenvalue weighted by Crippen LogP contribution is 2.29. The molecule has 1 aliphatic rings. The molecule has 1 saturated heterocycles. The van der Waals surface area contributed by atoms with Gasteiger partial charge in [0.05, 0.1) is 24.9 Å². The van der Waals surface area contributed by atoms with Crippen molar-refractivity contribution in [3.05, 3.63) is 95.7 Å². The van der Waals surface area contributed by atoms with Gasteiger partial charge in [-0.3, -0.25) is 9.59 Å². The Kier molecular flexibility index (Phi) is 6.90. The number of rotatable bonds is 8. The van der Waals surface area contributed by atoms with E-state index in [1.807, 2.05) is 61.5 Å². The summed E-state index contributed by atoms with van der Waals surface area (Å²) in [6.45, 7) is 1.02. The van der Waals surface area contributed by atoms with Crippen molar-refractivity contribution in [1.29, 1.82) is 0 Å². The molecule has 1 aliphatic heterocycles. The molecule has 1 atom stereocenters. The lowest BCUT2D eigenvalue weighted by molar-refractivity contribution is -0.139. The molecule has 4 aromatic rings. The molecule has 1 fully saturated rings. The number of nitrogens with zero attached hydrogens (tertiary/aromatic N) is 4. The van der Waals surface area contributed by atoms with Gasteiger partial charge in [0.15, 0.2) is 0 Å². The van der Waals surface area contributed by atoms with Crippen LogP contribution >= 0.6 is 0 Å². The molecule has 0 aliphatic carbocycles. The number of fused-ring (bicyclic) bond motifs is 1. The van der Waals surface area contributed by atoms with Crippen molar-refractivity contribution in [3.8, 4) is 0 Å². The average molecular weight is 501 g/mol. The van der Waals surface area contributed by atoms with Crippen molar-refractivity contribution in [2.24, 2.45) is 0 Å². The van der Waals surface area contributed by atoms with Crippen LogP contribution in [0.2, 0.25) is 0 Å². The van der Waals surface area contributed by atoms with Crippen LogP contribution in [0.4, 0.5) is 10.2 Å². The maximum atomic E-state index is 13.8. The Labute approximate surface area is 215 Å². The zero-order valence-corrected chi connectivity index (χ0v) is 20.9. The third-order valence-electron chi connectivity index (χ3n) is 6.71. The van der Waals surface area contributed by atoms with E-state index in [9.17, 15) is 14.0 Å². The number of carbonyl (C=O) groups is 2. The number of pyridine rings is 1. The van der Waals surface area contributed by atoms with Gasteiger partial charge in [0.2, 0.25) is 11.8 Å². The predicted octanol–water partition coefficient (Wildman–Crippen LogP) is 4.58. The Morgan fingerprint density at radius 1 is 1.08 bits per heavy atom. The molecular weight excluding hydrogens is 471 g/mol. The highest BCUT2D eigenvalue weighted by atomic mass is 19.1. The number of furan rings is 1. The van der Waals surface area contributed by atoms with Crippen molar-refractivity contribution < 1.29 is 18.4 Å². The summed E-state index contributed by atoms with van der Waals surface area (Å²) in [6, 6.07) is 20.0. The van der Waals surface area contributed by atoms with E-state index in [1.165, 1.54) is 12.1 Å². The Bertz CT molecular complexity index is 1410. The number of amides is 2. The molecule has 0 saturated carbocycles. The molecule has 0 radical (unpaired) electrons. The zero-order valence-electron chi connectivity index (χ0n) is 20.9. The fourth-order valence-electron chi connectivity index (χ4n) is 4.84. The summed E-state index contributed by atoms with van der Waals surface area (Å²) in [5.41, 5.74) is 2.47. The van der Waals surface area contributed by atoms with Crippen LogP contribution in [0, 0.1) is 5.82 Å². The molecule has 0 bridgehead atoms. The molecule has 5 rings (SSSR count). The van der Waals surface area contributed by atoms with E-state index >= 15 is 0 Å². The number of likely N-dealkylation sites (tertiary alicyclic amines) is 1. The molecule has 2 aromatic heterocycles. The van der Waals surface area contributed by atoms with Crippen LogP contribution in [0.5, 0.6) is 0 Å². The normalized spacial score (nSPS) is 15.4. The number of aromatic nitrogens is 1. The molecule has 0 spiro atoms. The van der Waals surface area contributed by atoms with Crippen molar-refractivity contribution in [1.82, 2.24) is 14.8 Å². The molecular formula is C29H29FN4O3. The molecule has 2 amide bonds. The second kappa shape index (κ2) is 10.4. The summed E-state index contributed by atoms with van der Waals surface area (Å²) in [7, 11) is 3.73. The number of hydrogen-bond acceptors (Lipinski definition) is 5. The predicted molar refractivity (Wildman–Crippen MR) is 139 cm³/mol.